The molecule has 1 aromatic heterocycles. The van der Waals surface area contributed by atoms with Crippen molar-refractivity contribution in [3.63, 3.8) is 0 Å². The van der Waals surface area contributed by atoms with Crippen molar-refractivity contribution in [1.29, 1.82) is 0 Å². The largest absolute Gasteiger partial charge is 0.442 e. The van der Waals surface area contributed by atoms with E-state index in [0.29, 0.717) is 5.84 Å². The van der Waals surface area contributed by atoms with E-state index in [-0.39, 0.29) is 0 Å². The summed E-state index contributed by atoms with van der Waals surface area (Å²) >= 11 is 0. The molecule has 0 aliphatic carbocycles. The van der Waals surface area contributed by atoms with Crippen molar-refractivity contribution in [2.75, 3.05) is 0 Å². The predicted molar refractivity (Wildman–Crippen MR) is 59.2 cm³/mol. The number of rotatable bonds is 0. The molecule has 1 amide bonds. The van der Waals surface area contributed by atoms with Crippen LogP contribution in [0.25, 0.3) is 0 Å². The van der Waals surface area contributed by atoms with Crippen molar-refractivity contribution in [2.24, 2.45) is 4.99 Å². The van der Waals surface area contributed by atoms with E-state index in [2.05, 4.69) is 4.99 Å². The molecule has 4 nitrogen and oxygen atoms in total. The highest BCUT2D eigenvalue weighted by atomic mass is 16.6. The van der Waals surface area contributed by atoms with Crippen molar-refractivity contribution in [2.45, 2.75) is 33.3 Å². The van der Waals surface area contributed by atoms with Gasteiger partial charge in [0.2, 0.25) is 0 Å². The average Bonchev–Trinajstić information content (AvgIpc) is 2.50. The number of ether oxygens (including phenoxy) is 1. The third-order valence-corrected chi connectivity index (χ3v) is 1.62. The van der Waals surface area contributed by atoms with Crippen LogP contribution in [0.3, 0.4) is 0 Å². The van der Waals surface area contributed by atoms with Gasteiger partial charge in [-0.3, -0.25) is 0 Å². The Labute approximate surface area is 89.6 Å². The van der Waals surface area contributed by atoms with E-state index >= 15 is 0 Å². The molecule has 1 aromatic rings. The van der Waals surface area contributed by atoms with Gasteiger partial charge in [-0.15, -0.1) is 0 Å². The monoisotopic (exact) mass is 208 g/mol. The molecule has 0 aliphatic rings. The third-order valence-electron chi connectivity index (χ3n) is 1.62. The van der Waals surface area contributed by atoms with Crippen molar-refractivity contribution in [3.05, 3.63) is 24.5 Å². The lowest BCUT2D eigenvalue weighted by molar-refractivity contribution is 0.0604. The summed E-state index contributed by atoms with van der Waals surface area (Å²) in [6.07, 6.45) is 3.08. The Hall–Kier alpha value is -1.58. The fourth-order valence-electron chi connectivity index (χ4n) is 1.02. The summed E-state index contributed by atoms with van der Waals surface area (Å²) in [5, 5.41) is 0. The fraction of sp³-hybridized carbons (Fsp3) is 0.455. The summed E-state index contributed by atoms with van der Waals surface area (Å²) in [5.41, 5.74) is -0.502. The molecule has 0 spiro atoms. The standard InChI is InChI=1S/C11H16N2O2/c1-9(13-7-5-6-8-13)12-10(14)15-11(2,3)4/h5-8H,1-4H3. The molecule has 0 fully saturated rings. The van der Waals surface area contributed by atoms with Crippen molar-refractivity contribution >= 4 is 11.9 Å². The Morgan fingerprint density at radius 2 is 1.80 bits per heavy atom. The van der Waals surface area contributed by atoms with E-state index in [1.165, 1.54) is 0 Å². The lowest BCUT2D eigenvalue weighted by Crippen LogP contribution is -2.23. The number of nitrogens with zero attached hydrogens (tertiary/aromatic N) is 2. The van der Waals surface area contributed by atoms with E-state index in [1.54, 1.807) is 11.5 Å². The topological polar surface area (TPSA) is 43.6 Å². The van der Waals surface area contributed by atoms with E-state index in [1.807, 2.05) is 45.3 Å². The van der Waals surface area contributed by atoms with Crippen LogP contribution in [0.5, 0.6) is 0 Å². The van der Waals surface area contributed by atoms with Crippen LogP contribution in [0, 0.1) is 0 Å². The number of hydrogen-bond acceptors (Lipinski definition) is 2. The molecule has 0 N–H and O–H groups in total. The number of hydrogen-bond donors (Lipinski definition) is 0. The average molecular weight is 208 g/mol. The molecule has 15 heavy (non-hydrogen) atoms. The first-order valence-electron chi connectivity index (χ1n) is 4.80. The molecule has 0 saturated heterocycles. The molecule has 1 rings (SSSR count). The van der Waals surface area contributed by atoms with Gasteiger partial charge in [-0.2, -0.15) is 4.99 Å². The highest BCUT2D eigenvalue weighted by Gasteiger charge is 2.15. The van der Waals surface area contributed by atoms with E-state index in [0.717, 1.165) is 0 Å². The van der Waals surface area contributed by atoms with Gasteiger partial charge in [-0.05, 0) is 39.8 Å². The Bertz CT molecular complexity index is 358. The summed E-state index contributed by atoms with van der Waals surface area (Å²) in [4.78, 5) is 15.2. The van der Waals surface area contributed by atoms with Crippen LogP contribution in [0.1, 0.15) is 27.7 Å². The van der Waals surface area contributed by atoms with E-state index < -0.39 is 11.7 Å². The molecule has 0 radical (unpaired) electrons. The third kappa shape index (κ3) is 3.97. The summed E-state index contributed by atoms with van der Waals surface area (Å²) in [5.74, 6) is 0.592. The highest BCUT2D eigenvalue weighted by molar-refractivity contribution is 5.91. The van der Waals surface area contributed by atoms with Crippen LogP contribution in [0.15, 0.2) is 29.5 Å². The Balaban J connectivity index is 2.68. The number of amides is 1. The molecule has 0 aliphatic heterocycles. The minimum absolute atomic E-state index is 0.502. The molecule has 82 valence electrons. The van der Waals surface area contributed by atoms with Crippen molar-refractivity contribution < 1.29 is 9.53 Å². The molecular formula is C11H16N2O2. The quantitative estimate of drug-likeness (QED) is 0.486. The van der Waals surface area contributed by atoms with Crippen LogP contribution >= 0.6 is 0 Å². The summed E-state index contributed by atoms with van der Waals surface area (Å²) < 4.78 is 6.82. The van der Waals surface area contributed by atoms with Crippen LogP contribution in [-0.4, -0.2) is 22.1 Å². The molecule has 0 unspecified atom stereocenters. The Kier molecular flexibility index (Phi) is 3.29. The molecule has 1 heterocycles. The number of aromatic nitrogens is 1. The fourth-order valence-corrected chi connectivity index (χ4v) is 1.02. The SMILES string of the molecule is CC(=NC(=O)OC(C)(C)C)n1cccc1. The maximum atomic E-state index is 11.3. The number of carbonyl (C=O) groups excluding carboxylic acids is 1. The minimum Gasteiger partial charge on any atom is -0.442 e. The van der Waals surface area contributed by atoms with Gasteiger partial charge in [0.1, 0.15) is 11.4 Å². The second-order valence-electron chi connectivity index (χ2n) is 4.23. The van der Waals surface area contributed by atoms with Crippen molar-refractivity contribution in [1.82, 2.24) is 4.57 Å². The minimum atomic E-state index is -0.561. The molecule has 0 atom stereocenters. The summed E-state index contributed by atoms with van der Waals surface area (Å²) in [6.45, 7) is 7.19. The van der Waals surface area contributed by atoms with Gasteiger partial charge in [-0.25, -0.2) is 4.79 Å². The van der Waals surface area contributed by atoms with Gasteiger partial charge < -0.3 is 9.30 Å². The van der Waals surface area contributed by atoms with Crippen LogP contribution < -0.4 is 0 Å². The predicted octanol–water partition coefficient (Wildman–Crippen LogP) is 2.69. The summed E-state index contributed by atoms with van der Waals surface area (Å²) in [7, 11) is 0. The van der Waals surface area contributed by atoms with Crippen LogP contribution in [-0.2, 0) is 4.74 Å². The normalized spacial score (nSPS) is 12.7. The van der Waals surface area contributed by atoms with E-state index in [9.17, 15) is 4.79 Å². The van der Waals surface area contributed by atoms with E-state index in [4.69, 9.17) is 4.74 Å². The van der Waals surface area contributed by atoms with Gasteiger partial charge >= 0.3 is 6.09 Å². The second-order valence-corrected chi connectivity index (χ2v) is 4.23. The van der Waals surface area contributed by atoms with Crippen LogP contribution in [0.2, 0.25) is 0 Å². The van der Waals surface area contributed by atoms with Gasteiger partial charge in [0.15, 0.2) is 0 Å². The molecule has 0 saturated carbocycles. The zero-order valence-corrected chi connectivity index (χ0v) is 9.52. The lowest BCUT2D eigenvalue weighted by atomic mass is 10.2. The molecule has 0 bridgehead atoms. The lowest BCUT2D eigenvalue weighted by Gasteiger charge is -2.17. The van der Waals surface area contributed by atoms with Gasteiger partial charge in [0.25, 0.3) is 0 Å². The van der Waals surface area contributed by atoms with Gasteiger partial charge in [0.05, 0.1) is 0 Å². The first kappa shape index (κ1) is 11.5. The molecule has 0 aromatic carbocycles. The van der Waals surface area contributed by atoms with Gasteiger partial charge in [-0.1, -0.05) is 0 Å². The zero-order chi connectivity index (χ0) is 11.5. The molecular weight excluding hydrogens is 192 g/mol. The maximum absolute atomic E-state index is 11.3. The summed E-state index contributed by atoms with van der Waals surface area (Å²) in [6, 6.07) is 3.74. The first-order chi connectivity index (χ1) is 6.88. The van der Waals surface area contributed by atoms with Crippen molar-refractivity contribution in [3.8, 4) is 0 Å². The number of carbonyl (C=O) groups is 1. The smallest absolute Gasteiger partial charge is 0.435 e. The maximum Gasteiger partial charge on any atom is 0.435 e. The highest BCUT2D eigenvalue weighted by Crippen LogP contribution is 2.08. The molecule has 4 heteroatoms. The van der Waals surface area contributed by atoms with Gasteiger partial charge in [0, 0.05) is 12.4 Å². The van der Waals surface area contributed by atoms with Crippen LogP contribution in [0.4, 0.5) is 4.79 Å². The Morgan fingerprint density at radius 1 is 1.27 bits per heavy atom. The first-order valence-corrected chi connectivity index (χ1v) is 4.80. The Morgan fingerprint density at radius 3 is 2.27 bits per heavy atom. The zero-order valence-electron chi connectivity index (χ0n) is 9.52. The second kappa shape index (κ2) is 4.29. The number of aliphatic imine (C=N–C) groups is 1.